The summed E-state index contributed by atoms with van der Waals surface area (Å²) < 4.78 is 0. The van der Waals surface area contributed by atoms with E-state index in [-0.39, 0.29) is 22.9 Å². The molecule has 0 saturated carbocycles. The van der Waals surface area contributed by atoms with Gasteiger partial charge >= 0.3 is 17.1 Å². The second kappa shape index (κ2) is 4.26. The van der Waals surface area contributed by atoms with Crippen LogP contribution in [0.1, 0.15) is 17.3 Å². The molecule has 10 heavy (non-hydrogen) atoms. The van der Waals surface area contributed by atoms with Crippen molar-refractivity contribution >= 4 is 22.9 Å². The van der Waals surface area contributed by atoms with Crippen LogP contribution < -0.4 is 0 Å². The molecular formula is C8H10OSe. The monoisotopic (exact) mass is 202 g/mol. The zero-order valence-corrected chi connectivity index (χ0v) is 7.89. The third-order valence-electron chi connectivity index (χ3n) is 1.18. The van der Waals surface area contributed by atoms with Crippen molar-refractivity contribution in [1.29, 1.82) is 0 Å². The van der Waals surface area contributed by atoms with E-state index in [1.54, 1.807) is 6.92 Å². The fourth-order valence-electron chi connectivity index (χ4n) is 0.673. The number of hydrogen-bond donors (Lipinski definition) is 0. The minimum absolute atomic E-state index is 0. The second-order valence-corrected chi connectivity index (χ2v) is 1.92. The van der Waals surface area contributed by atoms with E-state index in [4.69, 9.17) is 0 Å². The predicted octanol–water partition coefficient (Wildman–Crippen LogP) is 0.973. The van der Waals surface area contributed by atoms with Crippen molar-refractivity contribution in [2.45, 2.75) is 6.92 Å². The Kier molecular flexibility index (Phi) is 4.01. The number of ketones is 1. The topological polar surface area (TPSA) is 17.1 Å². The fourth-order valence-corrected chi connectivity index (χ4v) is 0.673. The van der Waals surface area contributed by atoms with Crippen molar-refractivity contribution in [3.05, 3.63) is 35.9 Å². The summed E-state index contributed by atoms with van der Waals surface area (Å²) in [6, 6.07) is 9.23. The Hall–Kier alpha value is -0.591. The van der Waals surface area contributed by atoms with E-state index >= 15 is 0 Å². The number of carbonyl (C=O) groups excluding carboxylic acids is 1. The quantitative estimate of drug-likeness (QED) is 0.488. The Morgan fingerprint density at radius 3 is 2.00 bits per heavy atom. The van der Waals surface area contributed by atoms with Crippen LogP contribution in [0.3, 0.4) is 0 Å². The van der Waals surface area contributed by atoms with Gasteiger partial charge in [0.25, 0.3) is 0 Å². The summed E-state index contributed by atoms with van der Waals surface area (Å²) >= 11 is 0. The van der Waals surface area contributed by atoms with Gasteiger partial charge in [0.05, 0.1) is 0 Å². The van der Waals surface area contributed by atoms with E-state index in [1.807, 2.05) is 30.3 Å². The number of carbonyl (C=O) groups is 1. The molecule has 1 aromatic carbocycles. The summed E-state index contributed by atoms with van der Waals surface area (Å²) in [6.07, 6.45) is 0. The summed E-state index contributed by atoms with van der Waals surface area (Å²) in [5.41, 5.74) is 0.775. The molecule has 0 N–H and O–H groups in total. The number of benzene rings is 1. The molecule has 0 spiro atoms. The van der Waals surface area contributed by atoms with Crippen molar-refractivity contribution in [3.8, 4) is 0 Å². The first-order valence-corrected chi connectivity index (χ1v) is 2.86. The number of hydrogen-bond acceptors (Lipinski definition) is 1. The van der Waals surface area contributed by atoms with Gasteiger partial charge in [0, 0.05) is 5.56 Å². The summed E-state index contributed by atoms with van der Waals surface area (Å²) in [4.78, 5) is 10.6. The molecule has 0 unspecified atom stereocenters. The van der Waals surface area contributed by atoms with Crippen LogP contribution in [0.15, 0.2) is 30.3 Å². The van der Waals surface area contributed by atoms with Crippen molar-refractivity contribution in [3.63, 3.8) is 0 Å². The second-order valence-electron chi connectivity index (χ2n) is 1.92. The fraction of sp³-hybridized carbons (Fsp3) is 0.125. The summed E-state index contributed by atoms with van der Waals surface area (Å²) in [5, 5.41) is 0. The van der Waals surface area contributed by atoms with Gasteiger partial charge in [-0.15, -0.1) is 0 Å². The van der Waals surface area contributed by atoms with Crippen LogP contribution in [-0.2, 0) is 0 Å². The molecule has 1 rings (SSSR count). The Bertz CT molecular complexity index is 206. The molecule has 1 aromatic rings. The SMILES string of the molecule is CC(=O)c1ccccc1.[SeH2]. The maximum atomic E-state index is 10.6. The van der Waals surface area contributed by atoms with E-state index in [0.717, 1.165) is 5.56 Å². The standard InChI is InChI=1S/C8H8O.H2Se/c1-7(9)8-5-3-2-4-6-8;/h2-6H,1H3;1H2. The van der Waals surface area contributed by atoms with Gasteiger partial charge in [0.2, 0.25) is 0 Å². The van der Waals surface area contributed by atoms with Crippen LogP contribution in [0.25, 0.3) is 0 Å². The average Bonchev–Trinajstić information content (AvgIpc) is 1.90. The molecule has 1 nitrogen and oxygen atoms in total. The van der Waals surface area contributed by atoms with Crippen LogP contribution in [0.5, 0.6) is 0 Å². The predicted molar refractivity (Wildman–Crippen MR) is 45.0 cm³/mol. The first-order chi connectivity index (χ1) is 4.30. The van der Waals surface area contributed by atoms with E-state index < -0.39 is 0 Å². The van der Waals surface area contributed by atoms with Crippen molar-refractivity contribution < 1.29 is 4.79 Å². The molecule has 0 atom stereocenters. The molecule has 0 heterocycles. The van der Waals surface area contributed by atoms with Gasteiger partial charge < -0.3 is 0 Å². The van der Waals surface area contributed by atoms with Crippen LogP contribution in [0, 0.1) is 0 Å². The van der Waals surface area contributed by atoms with Crippen LogP contribution in [-0.4, -0.2) is 22.9 Å². The molecule has 54 valence electrons. The molecule has 0 aromatic heterocycles. The average molecular weight is 201 g/mol. The molecule has 0 amide bonds. The van der Waals surface area contributed by atoms with Crippen molar-refractivity contribution in [1.82, 2.24) is 0 Å². The zero-order chi connectivity index (χ0) is 6.69. The summed E-state index contributed by atoms with van der Waals surface area (Å²) in [6.45, 7) is 1.56. The molecule has 0 aliphatic carbocycles. The molecular weight excluding hydrogens is 191 g/mol. The zero-order valence-electron chi connectivity index (χ0n) is 5.79. The maximum absolute atomic E-state index is 10.6. The molecule has 0 radical (unpaired) electrons. The first-order valence-electron chi connectivity index (χ1n) is 2.86. The Labute approximate surface area is 70.9 Å². The van der Waals surface area contributed by atoms with Gasteiger partial charge in [-0.05, 0) is 6.92 Å². The van der Waals surface area contributed by atoms with Crippen molar-refractivity contribution in [2.24, 2.45) is 0 Å². The number of Topliss-reactive ketones (excluding diaryl/α,β-unsaturated/α-hetero) is 1. The van der Waals surface area contributed by atoms with Crippen LogP contribution in [0.2, 0.25) is 0 Å². The molecule has 0 fully saturated rings. The van der Waals surface area contributed by atoms with Gasteiger partial charge in [-0.1, -0.05) is 30.3 Å². The summed E-state index contributed by atoms with van der Waals surface area (Å²) in [7, 11) is 0. The van der Waals surface area contributed by atoms with Gasteiger partial charge in [0.1, 0.15) is 0 Å². The Morgan fingerprint density at radius 1 is 1.20 bits per heavy atom. The molecule has 0 aliphatic rings. The third kappa shape index (κ3) is 2.34. The van der Waals surface area contributed by atoms with Crippen molar-refractivity contribution in [2.75, 3.05) is 0 Å². The molecule has 0 saturated heterocycles. The van der Waals surface area contributed by atoms with Crippen LogP contribution in [0.4, 0.5) is 0 Å². The number of rotatable bonds is 1. The van der Waals surface area contributed by atoms with Gasteiger partial charge in [-0.3, -0.25) is 4.79 Å². The minimum atomic E-state index is 0. The van der Waals surface area contributed by atoms with E-state index in [0.29, 0.717) is 0 Å². The van der Waals surface area contributed by atoms with E-state index in [9.17, 15) is 4.79 Å². The van der Waals surface area contributed by atoms with E-state index in [2.05, 4.69) is 0 Å². The van der Waals surface area contributed by atoms with Crippen LogP contribution >= 0.6 is 0 Å². The van der Waals surface area contributed by atoms with Gasteiger partial charge in [-0.25, -0.2) is 0 Å². The van der Waals surface area contributed by atoms with Gasteiger partial charge in [0.15, 0.2) is 5.78 Å². The Morgan fingerprint density at radius 2 is 1.70 bits per heavy atom. The third-order valence-corrected chi connectivity index (χ3v) is 1.18. The molecule has 2 heteroatoms. The molecule has 0 aliphatic heterocycles. The molecule has 0 bridgehead atoms. The first kappa shape index (κ1) is 9.41. The van der Waals surface area contributed by atoms with Gasteiger partial charge in [-0.2, -0.15) is 0 Å². The Balaban J connectivity index is 0.000000810. The van der Waals surface area contributed by atoms with E-state index in [1.165, 1.54) is 0 Å². The summed E-state index contributed by atoms with van der Waals surface area (Å²) in [5.74, 6) is 0.121. The normalized spacial score (nSPS) is 8.10.